The van der Waals surface area contributed by atoms with Crippen LogP contribution in [0.25, 0.3) is 0 Å². The molecule has 15 heavy (non-hydrogen) atoms. The van der Waals surface area contributed by atoms with Crippen molar-refractivity contribution in [2.24, 2.45) is 11.7 Å². The highest BCUT2D eigenvalue weighted by atomic mass is 14.9. The molecule has 1 saturated heterocycles. The van der Waals surface area contributed by atoms with E-state index in [9.17, 15) is 0 Å². The highest BCUT2D eigenvalue weighted by molar-refractivity contribution is 4.88. The molecule has 1 saturated carbocycles. The molecular formula is C13H26N2. The summed E-state index contributed by atoms with van der Waals surface area (Å²) in [5.41, 5.74) is 6.67. The van der Waals surface area contributed by atoms with Crippen molar-refractivity contribution in [2.75, 3.05) is 13.1 Å². The molecule has 1 aliphatic carbocycles. The van der Waals surface area contributed by atoms with Gasteiger partial charge in [0, 0.05) is 5.54 Å². The maximum atomic E-state index is 6.46. The number of nitrogens with one attached hydrogen (secondary N) is 1. The van der Waals surface area contributed by atoms with Gasteiger partial charge in [0.2, 0.25) is 0 Å². The van der Waals surface area contributed by atoms with E-state index in [0.29, 0.717) is 0 Å². The molecule has 3 N–H and O–H groups in total. The molecule has 2 fully saturated rings. The summed E-state index contributed by atoms with van der Waals surface area (Å²) in [6.45, 7) is 2.45. The van der Waals surface area contributed by atoms with Crippen LogP contribution in [-0.2, 0) is 0 Å². The third-order valence-corrected chi connectivity index (χ3v) is 4.36. The summed E-state index contributed by atoms with van der Waals surface area (Å²) >= 11 is 0. The molecule has 0 radical (unpaired) electrons. The topological polar surface area (TPSA) is 38.0 Å². The third kappa shape index (κ3) is 3.46. The van der Waals surface area contributed by atoms with E-state index in [0.717, 1.165) is 5.92 Å². The summed E-state index contributed by atoms with van der Waals surface area (Å²) in [6, 6.07) is 0. The average Bonchev–Trinajstić information content (AvgIpc) is 2.29. The van der Waals surface area contributed by atoms with Gasteiger partial charge in [-0.25, -0.2) is 0 Å². The van der Waals surface area contributed by atoms with E-state index in [1.165, 1.54) is 70.9 Å². The van der Waals surface area contributed by atoms with Gasteiger partial charge in [-0.2, -0.15) is 0 Å². The van der Waals surface area contributed by atoms with Crippen LogP contribution in [0.2, 0.25) is 0 Å². The SMILES string of the molecule is NC1(CCC2CCNCC2)CCCCC1. The second-order valence-electron chi connectivity index (χ2n) is 5.66. The highest BCUT2D eigenvalue weighted by Gasteiger charge is 2.28. The molecule has 0 aromatic rings. The Morgan fingerprint density at radius 3 is 2.40 bits per heavy atom. The van der Waals surface area contributed by atoms with Gasteiger partial charge >= 0.3 is 0 Å². The fourth-order valence-corrected chi connectivity index (χ4v) is 3.17. The molecule has 0 aromatic heterocycles. The molecule has 88 valence electrons. The second-order valence-corrected chi connectivity index (χ2v) is 5.66. The first-order chi connectivity index (χ1) is 7.29. The Morgan fingerprint density at radius 2 is 1.73 bits per heavy atom. The molecule has 0 unspecified atom stereocenters. The average molecular weight is 210 g/mol. The summed E-state index contributed by atoms with van der Waals surface area (Å²) in [5.74, 6) is 0.952. The molecule has 0 amide bonds. The van der Waals surface area contributed by atoms with E-state index in [4.69, 9.17) is 5.73 Å². The Bertz CT molecular complexity index is 179. The summed E-state index contributed by atoms with van der Waals surface area (Å²) in [5, 5.41) is 3.43. The van der Waals surface area contributed by atoms with Gasteiger partial charge in [-0.05, 0) is 57.5 Å². The molecule has 1 aliphatic heterocycles. The van der Waals surface area contributed by atoms with Gasteiger partial charge in [-0.1, -0.05) is 19.3 Å². The van der Waals surface area contributed by atoms with E-state index in [-0.39, 0.29) is 5.54 Å². The zero-order valence-corrected chi connectivity index (χ0v) is 9.93. The van der Waals surface area contributed by atoms with Gasteiger partial charge in [0.15, 0.2) is 0 Å². The minimum atomic E-state index is 0.211. The summed E-state index contributed by atoms with van der Waals surface area (Å²) in [4.78, 5) is 0. The van der Waals surface area contributed by atoms with Crippen molar-refractivity contribution in [2.45, 2.75) is 63.3 Å². The molecule has 0 atom stereocenters. The van der Waals surface area contributed by atoms with Crippen LogP contribution in [0.5, 0.6) is 0 Å². The summed E-state index contributed by atoms with van der Waals surface area (Å²) < 4.78 is 0. The van der Waals surface area contributed by atoms with Gasteiger partial charge in [-0.15, -0.1) is 0 Å². The Hall–Kier alpha value is -0.0800. The molecule has 0 aromatic carbocycles. The van der Waals surface area contributed by atoms with Gasteiger partial charge in [0.05, 0.1) is 0 Å². The molecule has 0 bridgehead atoms. The van der Waals surface area contributed by atoms with E-state index >= 15 is 0 Å². The largest absolute Gasteiger partial charge is 0.325 e. The van der Waals surface area contributed by atoms with Crippen LogP contribution in [0, 0.1) is 5.92 Å². The Balaban J connectivity index is 1.70. The third-order valence-electron chi connectivity index (χ3n) is 4.36. The van der Waals surface area contributed by atoms with Crippen molar-refractivity contribution in [1.82, 2.24) is 5.32 Å². The van der Waals surface area contributed by atoms with E-state index in [2.05, 4.69) is 5.32 Å². The second kappa shape index (κ2) is 5.31. The predicted molar refractivity (Wildman–Crippen MR) is 64.8 cm³/mol. The summed E-state index contributed by atoms with van der Waals surface area (Å²) in [7, 11) is 0. The van der Waals surface area contributed by atoms with Crippen molar-refractivity contribution in [3.63, 3.8) is 0 Å². The zero-order valence-electron chi connectivity index (χ0n) is 9.93. The van der Waals surface area contributed by atoms with Gasteiger partial charge < -0.3 is 11.1 Å². The maximum absolute atomic E-state index is 6.46. The minimum absolute atomic E-state index is 0.211. The monoisotopic (exact) mass is 210 g/mol. The normalized spacial score (nSPS) is 27.8. The fourth-order valence-electron chi connectivity index (χ4n) is 3.17. The van der Waals surface area contributed by atoms with Gasteiger partial charge in [0.1, 0.15) is 0 Å². The molecule has 1 heterocycles. The number of piperidine rings is 1. The molecule has 2 heteroatoms. The number of nitrogens with two attached hydrogens (primary N) is 1. The standard InChI is InChI=1S/C13H26N2/c14-13(7-2-1-3-8-13)9-4-12-5-10-15-11-6-12/h12,15H,1-11,14H2. The Kier molecular flexibility index (Phi) is 4.04. The maximum Gasteiger partial charge on any atom is 0.0154 e. The Labute approximate surface area is 94.0 Å². The lowest BCUT2D eigenvalue weighted by molar-refractivity contribution is 0.240. The lowest BCUT2D eigenvalue weighted by atomic mass is 9.77. The van der Waals surface area contributed by atoms with Crippen LogP contribution in [0.1, 0.15) is 57.8 Å². The highest BCUT2D eigenvalue weighted by Crippen LogP contribution is 2.32. The fraction of sp³-hybridized carbons (Fsp3) is 1.00. The van der Waals surface area contributed by atoms with E-state index in [1.807, 2.05) is 0 Å². The molecule has 0 spiro atoms. The number of hydrogen-bond donors (Lipinski definition) is 2. The summed E-state index contributed by atoms with van der Waals surface area (Å²) in [6.07, 6.45) is 12.1. The first-order valence-corrected chi connectivity index (χ1v) is 6.78. The quantitative estimate of drug-likeness (QED) is 0.751. The first-order valence-electron chi connectivity index (χ1n) is 6.78. The van der Waals surface area contributed by atoms with Crippen molar-refractivity contribution >= 4 is 0 Å². The molecule has 2 rings (SSSR count). The van der Waals surface area contributed by atoms with E-state index < -0.39 is 0 Å². The predicted octanol–water partition coefficient (Wildman–Crippen LogP) is 2.43. The van der Waals surface area contributed by atoms with Crippen LogP contribution in [-0.4, -0.2) is 18.6 Å². The molecular weight excluding hydrogens is 184 g/mol. The van der Waals surface area contributed by atoms with Crippen LogP contribution < -0.4 is 11.1 Å². The molecule has 2 nitrogen and oxygen atoms in total. The van der Waals surface area contributed by atoms with Crippen LogP contribution in [0.3, 0.4) is 0 Å². The van der Waals surface area contributed by atoms with Gasteiger partial charge in [-0.3, -0.25) is 0 Å². The number of rotatable bonds is 3. The van der Waals surface area contributed by atoms with Crippen LogP contribution >= 0.6 is 0 Å². The smallest absolute Gasteiger partial charge is 0.0154 e. The van der Waals surface area contributed by atoms with Crippen LogP contribution in [0.15, 0.2) is 0 Å². The number of hydrogen-bond acceptors (Lipinski definition) is 2. The van der Waals surface area contributed by atoms with Crippen molar-refractivity contribution in [3.05, 3.63) is 0 Å². The van der Waals surface area contributed by atoms with Crippen molar-refractivity contribution in [3.8, 4) is 0 Å². The first kappa shape index (κ1) is 11.4. The van der Waals surface area contributed by atoms with Crippen LogP contribution in [0.4, 0.5) is 0 Å². The molecule has 2 aliphatic rings. The van der Waals surface area contributed by atoms with Crippen molar-refractivity contribution in [1.29, 1.82) is 0 Å². The minimum Gasteiger partial charge on any atom is -0.325 e. The van der Waals surface area contributed by atoms with Gasteiger partial charge in [0.25, 0.3) is 0 Å². The lowest BCUT2D eigenvalue weighted by Crippen LogP contribution is -2.42. The lowest BCUT2D eigenvalue weighted by Gasteiger charge is -2.35. The Morgan fingerprint density at radius 1 is 1.07 bits per heavy atom. The van der Waals surface area contributed by atoms with E-state index in [1.54, 1.807) is 0 Å². The zero-order chi connectivity index (χ0) is 10.6. The van der Waals surface area contributed by atoms with Crippen molar-refractivity contribution < 1.29 is 0 Å².